The lowest BCUT2D eigenvalue weighted by Gasteiger charge is -2.22. The van der Waals surface area contributed by atoms with E-state index in [0.29, 0.717) is 6.42 Å². The molecule has 1 aliphatic heterocycles. The summed E-state index contributed by atoms with van der Waals surface area (Å²) in [5.74, 6) is -1.47. The third-order valence-corrected chi connectivity index (χ3v) is 4.30. The maximum atomic E-state index is 13.6. The first-order valence-corrected chi connectivity index (χ1v) is 7.91. The molecule has 0 bridgehead atoms. The minimum Gasteiger partial charge on any atom is -0.508 e. The van der Waals surface area contributed by atoms with Crippen molar-refractivity contribution in [3.63, 3.8) is 0 Å². The van der Waals surface area contributed by atoms with Crippen molar-refractivity contribution in [3.8, 4) is 5.75 Å². The van der Waals surface area contributed by atoms with Gasteiger partial charge in [-0.05, 0) is 19.8 Å². The summed E-state index contributed by atoms with van der Waals surface area (Å²) >= 11 is 0. The largest absolute Gasteiger partial charge is 0.508 e. The molecule has 1 atom stereocenters. The van der Waals surface area contributed by atoms with Gasteiger partial charge in [0, 0.05) is 49.3 Å². The van der Waals surface area contributed by atoms with Crippen LogP contribution in [-0.4, -0.2) is 27.1 Å². The van der Waals surface area contributed by atoms with Crippen molar-refractivity contribution in [2.24, 2.45) is 5.92 Å². The SMILES string of the molecule is Cc1cn2c(n1)CC(C(=O)NCCc1c(F)cc(O)cc1F)CC2. The van der Waals surface area contributed by atoms with Crippen molar-refractivity contribution >= 4 is 5.91 Å². The third-order valence-electron chi connectivity index (χ3n) is 4.30. The Kier molecular flexibility index (Phi) is 4.51. The van der Waals surface area contributed by atoms with Gasteiger partial charge >= 0.3 is 0 Å². The van der Waals surface area contributed by atoms with Gasteiger partial charge in [0.15, 0.2) is 0 Å². The quantitative estimate of drug-likeness (QED) is 0.899. The van der Waals surface area contributed by atoms with Crippen molar-refractivity contribution in [3.05, 3.63) is 47.0 Å². The number of amides is 1. The molecule has 1 aromatic heterocycles. The van der Waals surface area contributed by atoms with Gasteiger partial charge < -0.3 is 15.0 Å². The molecular formula is C17H19F2N3O2. The number of carbonyl (C=O) groups excluding carboxylic acids is 1. The second kappa shape index (κ2) is 6.59. The molecule has 1 unspecified atom stereocenters. The lowest BCUT2D eigenvalue weighted by Crippen LogP contribution is -2.36. The van der Waals surface area contributed by atoms with Crippen molar-refractivity contribution in [2.75, 3.05) is 6.54 Å². The van der Waals surface area contributed by atoms with Crippen molar-refractivity contribution < 1.29 is 18.7 Å². The van der Waals surface area contributed by atoms with E-state index < -0.39 is 17.4 Å². The van der Waals surface area contributed by atoms with Crippen molar-refractivity contribution in [1.29, 1.82) is 0 Å². The van der Waals surface area contributed by atoms with Gasteiger partial charge in [-0.1, -0.05) is 0 Å². The van der Waals surface area contributed by atoms with Gasteiger partial charge in [-0.3, -0.25) is 4.79 Å². The van der Waals surface area contributed by atoms with E-state index in [0.717, 1.165) is 36.6 Å². The molecule has 0 spiro atoms. The zero-order valence-electron chi connectivity index (χ0n) is 13.4. The Bertz CT molecular complexity index is 750. The molecule has 1 aromatic carbocycles. The monoisotopic (exact) mass is 335 g/mol. The van der Waals surface area contributed by atoms with Crippen LogP contribution in [0, 0.1) is 24.5 Å². The molecule has 128 valence electrons. The van der Waals surface area contributed by atoms with E-state index in [9.17, 15) is 13.6 Å². The minimum absolute atomic E-state index is 0.0319. The number of carbonyl (C=O) groups is 1. The van der Waals surface area contributed by atoms with Gasteiger partial charge in [0.2, 0.25) is 5.91 Å². The number of hydrogen-bond donors (Lipinski definition) is 2. The molecule has 0 aliphatic carbocycles. The smallest absolute Gasteiger partial charge is 0.223 e. The zero-order valence-corrected chi connectivity index (χ0v) is 13.4. The summed E-state index contributed by atoms with van der Waals surface area (Å²) in [5, 5.41) is 11.9. The first-order valence-electron chi connectivity index (χ1n) is 7.91. The van der Waals surface area contributed by atoms with Crippen LogP contribution < -0.4 is 5.32 Å². The number of rotatable bonds is 4. The Morgan fingerprint density at radius 2 is 2.12 bits per heavy atom. The Morgan fingerprint density at radius 1 is 1.42 bits per heavy atom. The molecule has 2 N–H and O–H groups in total. The predicted octanol–water partition coefficient (Wildman–Crippen LogP) is 2.10. The number of nitrogens with one attached hydrogen (secondary N) is 1. The molecule has 0 fully saturated rings. The molecule has 3 rings (SSSR count). The summed E-state index contributed by atoms with van der Waals surface area (Å²) < 4.78 is 29.3. The van der Waals surface area contributed by atoms with Gasteiger partial charge in [0.05, 0.1) is 5.69 Å². The lowest BCUT2D eigenvalue weighted by atomic mass is 9.97. The second-order valence-electron chi connectivity index (χ2n) is 6.11. The van der Waals surface area contributed by atoms with Gasteiger partial charge in [-0.15, -0.1) is 0 Å². The number of phenolic OH excluding ortho intramolecular Hbond substituents is 1. The number of phenols is 1. The molecule has 0 saturated carbocycles. The summed E-state index contributed by atoms with van der Waals surface area (Å²) in [6, 6.07) is 1.73. The normalized spacial score (nSPS) is 16.7. The average molecular weight is 335 g/mol. The highest BCUT2D eigenvalue weighted by molar-refractivity contribution is 5.79. The van der Waals surface area contributed by atoms with E-state index in [4.69, 9.17) is 5.11 Å². The van der Waals surface area contributed by atoms with Crippen LogP contribution in [0.25, 0.3) is 0 Å². The Balaban J connectivity index is 1.55. The average Bonchev–Trinajstić information content (AvgIpc) is 2.88. The fourth-order valence-corrected chi connectivity index (χ4v) is 3.08. The van der Waals surface area contributed by atoms with Crippen molar-refractivity contribution in [2.45, 2.75) is 32.7 Å². The van der Waals surface area contributed by atoms with E-state index in [2.05, 4.69) is 14.9 Å². The molecule has 2 aromatic rings. The number of fused-ring (bicyclic) bond motifs is 1. The van der Waals surface area contributed by atoms with Crippen LogP contribution in [0.15, 0.2) is 18.3 Å². The molecule has 24 heavy (non-hydrogen) atoms. The number of halogens is 2. The molecule has 7 heteroatoms. The lowest BCUT2D eigenvalue weighted by molar-refractivity contribution is -0.125. The summed E-state index contributed by atoms with van der Waals surface area (Å²) in [7, 11) is 0. The van der Waals surface area contributed by atoms with E-state index in [1.807, 2.05) is 13.1 Å². The summed E-state index contributed by atoms with van der Waals surface area (Å²) in [5.41, 5.74) is 0.798. The second-order valence-corrected chi connectivity index (χ2v) is 6.11. The highest BCUT2D eigenvalue weighted by Gasteiger charge is 2.25. The number of aromatic nitrogens is 2. The maximum absolute atomic E-state index is 13.6. The van der Waals surface area contributed by atoms with Crippen LogP contribution in [0.3, 0.4) is 0 Å². The number of aryl methyl sites for hydroxylation is 2. The van der Waals surface area contributed by atoms with Gasteiger partial charge in [0.25, 0.3) is 0 Å². The van der Waals surface area contributed by atoms with Crippen LogP contribution >= 0.6 is 0 Å². The minimum atomic E-state index is -0.808. The third kappa shape index (κ3) is 3.39. The van der Waals surface area contributed by atoms with Gasteiger partial charge in [0.1, 0.15) is 23.2 Å². The van der Waals surface area contributed by atoms with E-state index in [1.54, 1.807) is 0 Å². The Labute approximate surface area is 138 Å². The molecule has 5 nitrogen and oxygen atoms in total. The van der Waals surface area contributed by atoms with Crippen LogP contribution in [-0.2, 0) is 24.2 Å². The molecule has 0 saturated heterocycles. The molecule has 0 radical (unpaired) electrons. The number of benzene rings is 1. The van der Waals surface area contributed by atoms with E-state index >= 15 is 0 Å². The molecule has 2 heterocycles. The van der Waals surface area contributed by atoms with Crippen LogP contribution in [0.5, 0.6) is 5.75 Å². The number of nitrogens with zero attached hydrogens (tertiary/aromatic N) is 2. The maximum Gasteiger partial charge on any atom is 0.223 e. The molecular weight excluding hydrogens is 316 g/mol. The van der Waals surface area contributed by atoms with Crippen LogP contribution in [0.4, 0.5) is 8.78 Å². The fourth-order valence-electron chi connectivity index (χ4n) is 3.08. The fraction of sp³-hybridized carbons (Fsp3) is 0.412. The van der Waals surface area contributed by atoms with Gasteiger partial charge in [-0.25, -0.2) is 13.8 Å². The first-order chi connectivity index (χ1) is 11.4. The summed E-state index contributed by atoms with van der Waals surface area (Å²) in [6.45, 7) is 2.80. The topological polar surface area (TPSA) is 67.2 Å². The van der Waals surface area contributed by atoms with Crippen molar-refractivity contribution in [1.82, 2.24) is 14.9 Å². The van der Waals surface area contributed by atoms with E-state index in [1.165, 1.54) is 0 Å². The summed E-state index contributed by atoms with van der Waals surface area (Å²) in [6.07, 6.45) is 3.29. The number of imidazole rings is 1. The Morgan fingerprint density at radius 3 is 2.83 bits per heavy atom. The predicted molar refractivity (Wildman–Crippen MR) is 83.5 cm³/mol. The first kappa shape index (κ1) is 16.4. The summed E-state index contributed by atoms with van der Waals surface area (Å²) in [4.78, 5) is 16.7. The zero-order chi connectivity index (χ0) is 17.3. The molecule has 1 aliphatic rings. The molecule has 1 amide bonds. The van der Waals surface area contributed by atoms with Crippen LogP contribution in [0.2, 0.25) is 0 Å². The van der Waals surface area contributed by atoms with E-state index in [-0.39, 0.29) is 30.4 Å². The number of aromatic hydroxyl groups is 1. The highest BCUT2D eigenvalue weighted by Crippen LogP contribution is 2.21. The van der Waals surface area contributed by atoms with Gasteiger partial charge in [-0.2, -0.15) is 0 Å². The highest BCUT2D eigenvalue weighted by atomic mass is 19.1. The number of hydrogen-bond acceptors (Lipinski definition) is 3. The standard InChI is InChI=1S/C17H19F2N3O2/c1-10-9-22-5-3-11(6-16(22)21-10)17(24)20-4-2-13-14(18)7-12(23)8-15(13)19/h7-9,11,23H,2-6H2,1H3,(H,20,24). The van der Waals surface area contributed by atoms with Crippen LogP contribution in [0.1, 0.15) is 23.5 Å². The Hall–Kier alpha value is -2.44.